The molecule has 0 N–H and O–H groups in total. The van der Waals surface area contributed by atoms with E-state index in [1.165, 1.54) is 16.4 Å². The molecule has 17 heavy (non-hydrogen) atoms. The van der Waals surface area contributed by atoms with Crippen LogP contribution in [0.5, 0.6) is 0 Å². The van der Waals surface area contributed by atoms with Crippen molar-refractivity contribution in [1.82, 2.24) is 0 Å². The Labute approximate surface area is 131 Å². The summed E-state index contributed by atoms with van der Waals surface area (Å²) in [5.41, 5.74) is 2.11. The lowest BCUT2D eigenvalue weighted by atomic mass is 9.73. The Morgan fingerprint density at radius 1 is 1.29 bits per heavy atom. The normalized spacial score (nSPS) is 42.6. The Bertz CT molecular complexity index is 428. The number of halogens is 2. The van der Waals surface area contributed by atoms with Crippen LogP contribution in [-0.4, -0.2) is 3.92 Å². The quantitative estimate of drug-likeness (QED) is 0.267. The monoisotopic (exact) mass is 452 g/mol. The molecule has 0 spiro atoms. The zero-order valence-corrected chi connectivity index (χ0v) is 14.6. The van der Waals surface area contributed by atoms with E-state index in [9.17, 15) is 0 Å². The summed E-state index contributed by atoms with van der Waals surface area (Å²) < 4.78 is 2.18. The molecule has 0 aromatic rings. The molecule has 1 fully saturated rings. The third kappa shape index (κ3) is 1.97. The molecule has 0 bridgehead atoms. The van der Waals surface area contributed by atoms with Crippen LogP contribution in [0.25, 0.3) is 0 Å². The molecule has 0 radical (unpaired) electrons. The minimum atomic E-state index is 0.397. The molecule has 0 saturated heterocycles. The van der Waals surface area contributed by atoms with Gasteiger partial charge in [0.05, 0.1) is 0 Å². The van der Waals surface area contributed by atoms with Gasteiger partial charge in [-0.1, -0.05) is 60.2 Å². The summed E-state index contributed by atoms with van der Waals surface area (Å²) in [6.07, 6.45) is 12.4. The average molecular weight is 452 g/mol. The van der Waals surface area contributed by atoms with E-state index in [1.807, 2.05) is 0 Å². The summed E-state index contributed by atoms with van der Waals surface area (Å²) in [5.74, 6) is 2.43. The maximum Gasteiger partial charge on any atom is 0.0292 e. The Balaban J connectivity index is 2.04. The number of fused-ring (bicyclic) bond motifs is 3. The molecule has 92 valence electrons. The second kappa shape index (κ2) is 4.36. The van der Waals surface area contributed by atoms with E-state index in [0.29, 0.717) is 5.41 Å². The van der Waals surface area contributed by atoms with Gasteiger partial charge in [0, 0.05) is 7.50 Å². The van der Waals surface area contributed by atoms with Crippen LogP contribution in [-0.2, 0) is 0 Å². The van der Waals surface area contributed by atoms with Gasteiger partial charge in [0.2, 0.25) is 0 Å². The summed E-state index contributed by atoms with van der Waals surface area (Å²) in [6, 6.07) is 0. The fourth-order valence-corrected chi connectivity index (χ4v) is 5.35. The first-order valence-electron chi connectivity index (χ1n) is 6.40. The molecule has 0 heterocycles. The Morgan fingerprint density at radius 2 is 2.06 bits per heavy atom. The highest BCUT2D eigenvalue weighted by Crippen LogP contribution is 2.60. The van der Waals surface area contributed by atoms with Crippen LogP contribution in [0.15, 0.2) is 33.5 Å². The fourth-order valence-electron chi connectivity index (χ4n) is 3.97. The van der Waals surface area contributed by atoms with Crippen molar-refractivity contribution in [2.75, 3.05) is 0 Å². The first-order chi connectivity index (χ1) is 8.00. The molecule has 0 amide bonds. The van der Waals surface area contributed by atoms with Crippen molar-refractivity contribution in [3.05, 3.63) is 33.5 Å². The minimum Gasteiger partial charge on any atom is -0.0835 e. The van der Waals surface area contributed by atoms with Gasteiger partial charge in [-0.3, -0.25) is 0 Å². The zero-order chi connectivity index (χ0) is 12.2. The fraction of sp³-hybridized carbons (Fsp3) is 0.600. The van der Waals surface area contributed by atoms with E-state index in [4.69, 9.17) is 0 Å². The smallest absolute Gasteiger partial charge is 0.0292 e. The zero-order valence-electron chi connectivity index (χ0n) is 10.3. The second-order valence-electron chi connectivity index (χ2n) is 6.07. The van der Waals surface area contributed by atoms with Crippen LogP contribution in [0.1, 0.15) is 26.7 Å². The van der Waals surface area contributed by atoms with Crippen molar-refractivity contribution < 1.29 is 0 Å². The molecule has 0 aromatic carbocycles. The Kier molecular flexibility index (Phi) is 3.26. The summed E-state index contributed by atoms with van der Waals surface area (Å²) >= 11 is 5.06. The molecule has 0 nitrogen and oxygen atoms in total. The van der Waals surface area contributed by atoms with Gasteiger partial charge in [-0.05, 0) is 64.7 Å². The van der Waals surface area contributed by atoms with Gasteiger partial charge >= 0.3 is 0 Å². The molecular weight excluding hydrogens is 434 g/mol. The predicted octanol–water partition coefficient (Wildman–Crippen LogP) is 5.29. The van der Waals surface area contributed by atoms with Crippen molar-refractivity contribution in [1.29, 1.82) is 0 Å². The average Bonchev–Trinajstić information content (AvgIpc) is 2.49. The first-order valence-corrected chi connectivity index (χ1v) is 8.72. The summed E-state index contributed by atoms with van der Waals surface area (Å²) in [5, 5.41) is 0. The minimum absolute atomic E-state index is 0.397. The van der Waals surface area contributed by atoms with E-state index >= 15 is 0 Å². The van der Waals surface area contributed by atoms with Crippen molar-refractivity contribution in [3.8, 4) is 0 Å². The molecule has 2 heteroatoms. The molecule has 3 aliphatic rings. The molecule has 0 aromatic heterocycles. The third-order valence-electron chi connectivity index (χ3n) is 4.88. The van der Waals surface area contributed by atoms with Gasteiger partial charge in [-0.15, -0.1) is 0 Å². The predicted molar refractivity (Wildman–Crippen MR) is 90.6 cm³/mol. The SMILES string of the molecule is CC1(C)C2=CC(I)=CCC2C2C=C[C@H](I)CC21. The highest BCUT2D eigenvalue weighted by atomic mass is 127. The summed E-state index contributed by atoms with van der Waals surface area (Å²) in [4.78, 5) is 0. The first kappa shape index (κ1) is 12.7. The molecule has 3 unspecified atom stereocenters. The van der Waals surface area contributed by atoms with E-state index < -0.39 is 0 Å². The van der Waals surface area contributed by atoms with Crippen LogP contribution in [0, 0.1) is 23.2 Å². The topological polar surface area (TPSA) is 0 Å². The highest BCUT2D eigenvalue weighted by molar-refractivity contribution is 14.1. The second-order valence-corrected chi connectivity index (χ2v) is 8.92. The number of hydrogen-bond donors (Lipinski definition) is 0. The lowest BCUT2D eigenvalue weighted by molar-refractivity contribution is 0.241. The number of rotatable bonds is 0. The molecule has 0 aliphatic heterocycles. The standard InChI is InChI=1S/C15H18I2/c1-15(2)13-7-9(16)3-5-11(13)12-6-4-10(17)8-14(12)15/h3-5,8-9,11-13H,6-7H2,1-2H3/t9-,11?,12?,13?/m0/s1. The van der Waals surface area contributed by atoms with Crippen molar-refractivity contribution in [3.63, 3.8) is 0 Å². The maximum atomic E-state index is 2.59. The molecule has 3 aliphatic carbocycles. The number of alkyl halides is 1. The third-order valence-corrected chi connectivity index (χ3v) is 6.56. The summed E-state index contributed by atoms with van der Waals surface area (Å²) in [6.45, 7) is 4.93. The van der Waals surface area contributed by atoms with Crippen LogP contribution in [0.3, 0.4) is 0 Å². The van der Waals surface area contributed by atoms with Gasteiger partial charge in [-0.25, -0.2) is 0 Å². The molecule has 4 atom stereocenters. The maximum absolute atomic E-state index is 2.59. The van der Waals surface area contributed by atoms with Gasteiger partial charge in [0.15, 0.2) is 0 Å². The molecular formula is C15H18I2. The molecule has 1 saturated carbocycles. The van der Waals surface area contributed by atoms with Crippen LogP contribution in [0.4, 0.5) is 0 Å². The molecule has 3 rings (SSSR count). The largest absolute Gasteiger partial charge is 0.0835 e. The lowest BCUT2D eigenvalue weighted by Crippen LogP contribution is -2.27. The van der Waals surface area contributed by atoms with Crippen LogP contribution in [0.2, 0.25) is 0 Å². The van der Waals surface area contributed by atoms with Crippen molar-refractivity contribution >= 4 is 45.2 Å². The van der Waals surface area contributed by atoms with Crippen LogP contribution >= 0.6 is 45.2 Å². The number of allylic oxidation sites excluding steroid dienone is 6. The highest BCUT2D eigenvalue weighted by Gasteiger charge is 2.51. The van der Waals surface area contributed by atoms with Gasteiger partial charge < -0.3 is 0 Å². The van der Waals surface area contributed by atoms with E-state index in [1.54, 1.807) is 5.57 Å². The number of hydrogen-bond acceptors (Lipinski definition) is 0. The van der Waals surface area contributed by atoms with E-state index in [2.05, 4.69) is 83.3 Å². The Morgan fingerprint density at radius 3 is 2.82 bits per heavy atom. The van der Waals surface area contributed by atoms with Gasteiger partial charge in [-0.2, -0.15) is 0 Å². The van der Waals surface area contributed by atoms with Crippen molar-refractivity contribution in [2.24, 2.45) is 23.2 Å². The van der Waals surface area contributed by atoms with Gasteiger partial charge in [0.1, 0.15) is 0 Å². The van der Waals surface area contributed by atoms with Crippen LogP contribution < -0.4 is 0 Å². The lowest BCUT2D eigenvalue weighted by Gasteiger charge is -2.34. The van der Waals surface area contributed by atoms with Gasteiger partial charge in [0.25, 0.3) is 0 Å². The Hall–Kier alpha value is 0.680. The summed E-state index contributed by atoms with van der Waals surface area (Å²) in [7, 11) is 0. The van der Waals surface area contributed by atoms with Crippen molar-refractivity contribution in [2.45, 2.75) is 30.6 Å². The van der Waals surface area contributed by atoms with E-state index in [-0.39, 0.29) is 0 Å². The van der Waals surface area contributed by atoms with E-state index in [0.717, 1.165) is 21.7 Å².